The maximum absolute atomic E-state index is 17.9. The zero-order valence-electron chi connectivity index (χ0n) is 42.5. The van der Waals surface area contributed by atoms with Gasteiger partial charge in [-0.3, -0.25) is 0 Å². The van der Waals surface area contributed by atoms with Crippen molar-refractivity contribution < 1.29 is 4.39 Å². The van der Waals surface area contributed by atoms with E-state index >= 15 is 4.39 Å². The van der Waals surface area contributed by atoms with Crippen LogP contribution in [-0.4, -0.2) is 29.9 Å². The summed E-state index contributed by atoms with van der Waals surface area (Å²) in [5, 5.41) is 2.63. The predicted octanol–water partition coefficient (Wildman–Crippen LogP) is 17.6. The van der Waals surface area contributed by atoms with E-state index in [-0.39, 0.29) is 16.8 Å². The van der Waals surface area contributed by atoms with Crippen LogP contribution < -0.4 is 0 Å². The van der Waals surface area contributed by atoms with Crippen LogP contribution in [0.4, 0.5) is 4.39 Å². The Morgan fingerprint density at radius 3 is 1.40 bits per heavy atom. The summed E-state index contributed by atoms with van der Waals surface area (Å²) in [4.78, 5) is 30.6. The number of hydrogen-bond acceptors (Lipinski definition) is 7. The first-order valence-electron chi connectivity index (χ1n) is 27.3. The molecule has 0 radical (unpaired) electrons. The van der Waals surface area contributed by atoms with Crippen molar-refractivity contribution in [2.75, 3.05) is 0 Å². The summed E-state index contributed by atoms with van der Waals surface area (Å²) in [7, 11) is 0. The molecule has 5 aliphatic rings. The molecule has 4 saturated carbocycles. The Balaban J connectivity index is 0.923. The van der Waals surface area contributed by atoms with Gasteiger partial charge in [-0.05, 0) is 131 Å². The van der Waals surface area contributed by atoms with Crippen LogP contribution in [0.1, 0.15) is 43.2 Å². The molecule has 5 aliphatic carbocycles. The molecule has 9 aromatic carbocycles. The van der Waals surface area contributed by atoms with Crippen molar-refractivity contribution in [3.05, 3.63) is 229 Å². The lowest BCUT2D eigenvalue weighted by atomic mass is 9.43. The van der Waals surface area contributed by atoms with Crippen molar-refractivity contribution >= 4 is 31.5 Å². The molecule has 0 aliphatic heterocycles. The van der Waals surface area contributed by atoms with Gasteiger partial charge in [0.25, 0.3) is 0 Å². The molecule has 1 spiro atoms. The molecular formula is C70H49FN6S. The zero-order chi connectivity index (χ0) is 51.5. The number of halogens is 1. The quantitative estimate of drug-likeness (QED) is 0.151. The van der Waals surface area contributed by atoms with Gasteiger partial charge in [-0.1, -0.05) is 182 Å². The van der Waals surface area contributed by atoms with Crippen LogP contribution in [-0.2, 0) is 5.41 Å². The van der Waals surface area contributed by atoms with E-state index < -0.39 is 5.82 Å². The number of nitrogens with zero attached hydrogens (tertiary/aromatic N) is 6. The molecule has 6 nitrogen and oxygen atoms in total. The van der Waals surface area contributed by atoms with Crippen molar-refractivity contribution in [3.8, 4) is 102 Å². The summed E-state index contributed by atoms with van der Waals surface area (Å²) >= 11 is 1.90. The van der Waals surface area contributed by atoms with Crippen molar-refractivity contribution in [3.63, 3.8) is 0 Å². The van der Waals surface area contributed by atoms with Crippen molar-refractivity contribution in [1.82, 2.24) is 29.9 Å². The van der Waals surface area contributed by atoms with Crippen LogP contribution in [0.15, 0.2) is 212 Å². The molecule has 8 heteroatoms. The van der Waals surface area contributed by atoms with E-state index in [1.807, 2.05) is 139 Å². The molecule has 3 aromatic heterocycles. The molecule has 4 fully saturated rings. The van der Waals surface area contributed by atoms with E-state index in [9.17, 15) is 0 Å². The Hall–Kier alpha value is -8.85. The van der Waals surface area contributed by atoms with Crippen LogP contribution >= 0.6 is 11.3 Å². The van der Waals surface area contributed by atoms with Gasteiger partial charge in [0.15, 0.2) is 34.9 Å². The van der Waals surface area contributed by atoms with E-state index in [1.54, 1.807) is 6.07 Å². The van der Waals surface area contributed by atoms with Gasteiger partial charge in [-0.25, -0.2) is 34.3 Å². The van der Waals surface area contributed by atoms with Gasteiger partial charge < -0.3 is 0 Å². The average molecular weight is 1030 g/mol. The summed E-state index contributed by atoms with van der Waals surface area (Å²) in [5.41, 5.74) is 13.6. The molecule has 17 rings (SSSR count). The average Bonchev–Trinajstić information content (AvgIpc) is 3.78. The van der Waals surface area contributed by atoms with Crippen LogP contribution in [0.3, 0.4) is 0 Å². The summed E-state index contributed by atoms with van der Waals surface area (Å²) in [6.45, 7) is 0. The maximum atomic E-state index is 17.9. The van der Waals surface area contributed by atoms with Crippen LogP contribution in [0.2, 0.25) is 0 Å². The Bertz CT molecular complexity index is 4210. The molecule has 372 valence electrons. The van der Waals surface area contributed by atoms with E-state index in [2.05, 4.69) is 78.9 Å². The molecule has 12 aromatic rings. The normalized spacial score (nSPS) is 19.7. The van der Waals surface area contributed by atoms with Gasteiger partial charge in [0, 0.05) is 53.4 Å². The van der Waals surface area contributed by atoms with Gasteiger partial charge in [0.05, 0.1) is 5.56 Å². The van der Waals surface area contributed by atoms with Crippen molar-refractivity contribution in [1.29, 1.82) is 0 Å². The third kappa shape index (κ3) is 7.19. The molecule has 4 bridgehead atoms. The highest BCUT2D eigenvalue weighted by Gasteiger charge is 2.61. The van der Waals surface area contributed by atoms with E-state index in [0.717, 1.165) is 39.7 Å². The largest absolute Gasteiger partial charge is 0.208 e. The van der Waals surface area contributed by atoms with Crippen molar-refractivity contribution in [2.24, 2.45) is 23.7 Å². The van der Waals surface area contributed by atoms with Gasteiger partial charge in [-0.2, -0.15) is 0 Å². The number of rotatable bonds is 8. The van der Waals surface area contributed by atoms with Gasteiger partial charge >= 0.3 is 0 Å². The molecular weight excluding hydrogens is 976 g/mol. The van der Waals surface area contributed by atoms with E-state index in [1.165, 1.54) is 85.7 Å². The number of hydrogen-bond donors (Lipinski definition) is 0. The van der Waals surface area contributed by atoms with Crippen LogP contribution in [0.5, 0.6) is 0 Å². The van der Waals surface area contributed by atoms with Crippen LogP contribution in [0, 0.1) is 29.5 Å². The number of fused-ring (bicyclic) bond motifs is 6. The molecule has 0 atom stereocenters. The zero-order valence-corrected chi connectivity index (χ0v) is 43.3. The lowest BCUT2D eigenvalue weighted by molar-refractivity contribution is -0.0399. The molecule has 0 N–H and O–H groups in total. The second-order valence-corrected chi connectivity index (χ2v) is 23.0. The van der Waals surface area contributed by atoms with Gasteiger partial charge in [0.2, 0.25) is 0 Å². The first-order valence-corrected chi connectivity index (χ1v) is 28.1. The highest BCUT2D eigenvalue weighted by Crippen LogP contribution is 2.70. The minimum atomic E-state index is -0.461. The summed E-state index contributed by atoms with van der Waals surface area (Å²) in [6.07, 6.45) is 6.44. The van der Waals surface area contributed by atoms with Crippen molar-refractivity contribution in [2.45, 2.75) is 37.5 Å². The molecule has 3 heterocycles. The molecule has 78 heavy (non-hydrogen) atoms. The minimum absolute atomic E-state index is 0.104. The van der Waals surface area contributed by atoms with Crippen LogP contribution in [0.25, 0.3) is 122 Å². The molecule has 0 unspecified atom stereocenters. The third-order valence-corrected chi connectivity index (χ3v) is 18.9. The Labute approximate surface area is 455 Å². The summed E-state index contributed by atoms with van der Waals surface area (Å²) < 4.78 is 20.6. The summed E-state index contributed by atoms with van der Waals surface area (Å²) in [6, 6.07) is 73.1. The number of thiophene rings is 1. The first-order chi connectivity index (χ1) is 38.5. The molecule has 0 amide bonds. The molecule has 0 saturated heterocycles. The first kappa shape index (κ1) is 45.4. The van der Waals surface area contributed by atoms with E-state index in [0.29, 0.717) is 52.1 Å². The highest BCUT2D eigenvalue weighted by molar-refractivity contribution is 7.26. The second-order valence-electron chi connectivity index (χ2n) is 21.9. The maximum Gasteiger partial charge on any atom is 0.167 e. The lowest BCUT2D eigenvalue weighted by Gasteiger charge is -2.61. The SMILES string of the molecule is Fc1cc(-c2ccc3c(c2)-c2ccc(-c4cccc5c4sc4ccccc45)cc2C32C3CC4CC(C3)CC2C4)c(-c2nc(-c3ccccc3)nc(-c3ccccc3)n2)cc1-c1nc(-c2ccccc2)nc(-c2ccccc2)n1. The fraction of sp³-hybridized carbons (Fsp3) is 0.143. The Kier molecular flexibility index (Phi) is 10.4. The van der Waals surface area contributed by atoms with E-state index in [4.69, 9.17) is 29.9 Å². The summed E-state index contributed by atoms with van der Waals surface area (Å²) in [5.74, 6) is 4.80. The lowest BCUT2D eigenvalue weighted by Crippen LogP contribution is -2.55. The fourth-order valence-electron chi connectivity index (χ4n) is 14.5. The standard InChI is InChI=1S/C70H49FN6S/c71-61-40-55(47-29-31-59-56(37-47)52-30-28-48(51-25-15-26-54-53-24-13-14-27-62(53)78-63(51)54)38-60(52)70(59)49-33-41-32-42(35-49)36-50(70)34-41)57(68-74-64(43-16-5-1-6-17-43)72-65(75-68)44-18-7-2-8-19-44)39-58(61)69-76-66(45-20-9-3-10-21-45)73-67(77-69)46-22-11-4-12-23-46/h1-31,37-42,49-50H,32-36H2. The number of aromatic nitrogens is 6. The van der Waals surface area contributed by atoms with Gasteiger partial charge in [-0.15, -0.1) is 11.3 Å². The van der Waals surface area contributed by atoms with Gasteiger partial charge in [0.1, 0.15) is 5.82 Å². The monoisotopic (exact) mass is 1020 g/mol. The highest BCUT2D eigenvalue weighted by atomic mass is 32.1. The predicted molar refractivity (Wildman–Crippen MR) is 313 cm³/mol. The Morgan fingerprint density at radius 1 is 0.333 bits per heavy atom. The number of benzene rings is 9. The fourth-order valence-corrected chi connectivity index (χ4v) is 15.8. The smallest absolute Gasteiger partial charge is 0.167 e. The topological polar surface area (TPSA) is 77.3 Å². The minimum Gasteiger partial charge on any atom is -0.208 e. The second kappa shape index (κ2) is 17.9. The third-order valence-electron chi connectivity index (χ3n) is 17.7. The Morgan fingerprint density at radius 2 is 0.821 bits per heavy atom.